The molecule has 2 N–H and O–H groups in total. The van der Waals surface area contributed by atoms with E-state index in [-0.39, 0.29) is 49.4 Å². The van der Waals surface area contributed by atoms with Crippen molar-refractivity contribution in [3.05, 3.63) is 71.5 Å². The molecule has 1 aliphatic rings. The number of amides is 1. The molecule has 0 radical (unpaired) electrons. The van der Waals surface area contributed by atoms with Crippen molar-refractivity contribution >= 4 is 15.9 Å². The molecule has 38 heavy (non-hydrogen) atoms. The minimum absolute atomic E-state index is 0.0337. The molecule has 1 amide bonds. The predicted octanol–water partition coefficient (Wildman–Crippen LogP) is 1.84. The van der Waals surface area contributed by atoms with Gasteiger partial charge in [-0.15, -0.1) is 12.8 Å². The summed E-state index contributed by atoms with van der Waals surface area (Å²) < 4.78 is 44.1. The molecule has 1 heterocycles. The largest absolute Gasteiger partial charge is 0.497 e. The quantitative estimate of drug-likeness (QED) is 0.397. The Morgan fingerprint density at radius 2 is 1.87 bits per heavy atom. The van der Waals surface area contributed by atoms with Gasteiger partial charge >= 0.3 is 0 Å². The number of benzene rings is 2. The maximum atomic E-state index is 13.1. The van der Waals surface area contributed by atoms with Gasteiger partial charge in [-0.05, 0) is 48.0 Å². The molecule has 0 fully saturated rings. The van der Waals surface area contributed by atoms with Crippen molar-refractivity contribution in [1.29, 1.82) is 0 Å². The first-order valence-corrected chi connectivity index (χ1v) is 13.3. The number of sulfonamides is 1. The highest BCUT2D eigenvalue weighted by Crippen LogP contribution is 2.31. The van der Waals surface area contributed by atoms with Crippen molar-refractivity contribution in [2.24, 2.45) is 0 Å². The molecule has 0 saturated carbocycles. The van der Waals surface area contributed by atoms with Crippen LogP contribution in [0.2, 0.25) is 0 Å². The summed E-state index contributed by atoms with van der Waals surface area (Å²) >= 11 is 0. The number of aliphatic hydroxyl groups excluding tert-OH is 1. The van der Waals surface area contributed by atoms with E-state index in [2.05, 4.69) is 17.2 Å². The number of ether oxygens (including phenoxy) is 3. The van der Waals surface area contributed by atoms with Crippen LogP contribution in [0.4, 0.5) is 0 Å². The number of hydrogen-bond donors (Lipinski definition) is 2. The van der Waals surface area contributed by atoms with Gasteiger partial charge in [0, 0.05) is 31.0 Å². The number of allylic oxidation sites excluding steroid dienone is 1. The third-order valence-corrected chi connectivity index (χ3v) is 7.74. The fraction of sp³-hybridized carbons (Fsp3) is 0.321. The summed E-state index contributed by atoms with van der Waals surface area (Å²) in [5.74, 6) is 4.79. The lowest BCUT2D eigenvalue weighted by atomic mass is 9.92. The number of methoxy groups -OCH3 is 1. The summed E-state index contributed by atoms with van der Waals surface area (Å²) in [6.45, 7) is -0.535. The van der Waals surface area contributed by atoms with Gasteiger partial charge in [-0.25, -0.2) is 8.42 Å². The molecule has 200 valence electrons. The van der Waals surface area contributed by atoms with Gasteiger partial charge < -0.3 is 24.6 Å². The Morgan fingerprint density at radius 3 is 2.47 bits per heavy atom. The number of aliphatic hydroxyl groups is 1. The highest BCUT2D eigenvalue weighted by atomic mass is 32.2. The minimum Gasteiger partial charge on any atom is -0.497 e. The molecule has 0 aromatic heterocycles. The molecule has 0 bridgehead atoms. The van der Waals surface area contributed by atoms with E-state index in [1.54, 1.807) is 18.2 Å². The topological polar surface area (TPSA) is 114 Å². The molecular formula is C28H30N2O7S. The number of nitrogens with zero attached hydrogens (tertiary/aromatic N) is 1. The third-order valence-electron chi connectivity index (χ3n) is 5.83. The average molecular weight is 539 g/mol. The van der Waals surface area contributed by atoms with Crippen molar-refractivity contribution in [3.8, 4) is 30.4 Å². The third kappa shape index (κ3) is 7.37. The Labute approximate surface area is 223 Å². The zero-order valence-corrected chi connectivity index (χ0v) is 21.8. The monoisotopic (exact) mass is 538 g/mol. The molecule has 2 atom stereocenters. The van der Waals surface area contributed by atoms with Crippen LogP contribution in [0.25, 0.3) is 0 Å². The Balaban J connectivity index is 1.72. The first kappa shape index (κ1) is 28.8. The van der Waals surface area contributed by atoms with Gasteiger partial charge in [0.05, 0.1) is 31.8 Å². The number of hydrogen-bond acceptors (Lipinski definition) is 7. The second-order valence-corrected chi connectivity index (χ2v) is 10.2. The van der Waals surface area contributed by atoms with Crippen LogP contribution in [-0.4, -0.2) is 70.0 Å². The maximum Gasteiger partial charge on any atom is 0.286 e. The van der Waals surface area contributed by atoms with E-state index in [1.807, 2.05) is 24.3 Å². The van der Waals surface area contributed by atoms with Crippen LogP contribution in [0.3, 0.4) is 0 Å². The number of rotatable bonds is 12. The lowest BCUT2D eigenvalue weighted by molar-refractivity contribution is -0.146. The first-order chi connectivity index (χ1) is 18.3. The fourth-order valence-corrected chi connectivity index (χ4v) is 5.26. The smallest absolute Gasteiger partial charge is 0.286 e. The van der Waals surface area contributed by atoms with Crippen LogP contribution < -0.4 is 10.1 Å². The number of nitrogens with one attached hydrogen (secondary N) is 1. The van der Waals surface area contributed by atoms with E-state index in [0.29, 0.717) is 12.2 Å². The first-order valence-electron chi connectivity index (χ1n) is 11.9. The van der Waals surface area contributed by atoms with Gasteiger partial charge in [-0.2, -0.15) is 4.31 Å². The van der Waals surface area contributed by atoms with Gasteiger partial charge in [0.25, 0.3) is 5.91 Å². The van der Waals surface area contributed by atoms with Crippen LogP contribution in [-0.2, 0) is 24.3 Å². The highest BCUT2D eigenvalue weighted by molar-refractivity contribution is 7.89. The zero-order chi connectivity index (χ0) is 27.5. The molecule has 2 aromatic carbocycles. The maximum absolute atomic E-state index is 13.1. The second kappa shape index (κ2) is 13.7. The van der Waals surface area contributed by atoms with Gasteiger partial charge in [0.1, 0.15) is 5.75 Å². The number of terminal acetylenes is 2. The molecule has 0 saturated heterocycles. The zero-order valence-electron chi connectivity index (χ0n) is 21.0. The van der Waals surface area contributed by atoms with Crippen molar-refractivity contribution in [2.45, 2.75) is 23.5 Å². The van der Waals surface area contributed by atoms with Crippen molar-refractivity contribution in [3.63, 3.8) is 0 Å². The van der Waals surface area contributed by atoms with Crippen LogP contribution in [0, 0.1) is 24.7 Å². The highest BCUT2D eigenvalue weighted by Gasteiger charge is 2.30. The van der Waals surface area contributed by atoms with Gasteiger partial charge in [0.15, 0.2) is 5.76 Å². The Morgan fingerprint density at radius 1 is 1.16 bits per heavy atom. The number of carbonyl (C=O) groups is 1. The van der Waals surface area contributed by atoms with E-state index in [0.717, 1.165) is 15.4 Å². The molecule has 10 heteroatoms. The second-order valence-electron chi connectivity index (χ2n) is 8.25. The molecule has 0 unspecified atom stereocenters. The molecular weight excluding hydrogens is 508 g/mol. The predicted molar refractivity (Wildman–Crippen MR) is 141 cm³/mol. The molecule has 1 aliphatic heterocycles. The summed E-state index contributed by atoms with van der Waals surface area (Å²) in [5, 5.41) is 12.0. The van der Waals surface area contributed by atoms with E-state index in [4.69, 9.17) is 27.1 Å². The van der Waals surface area contributed by atoms with Crippen LogP contribution in [0.1, 0.15) is 23.5 Å². The van der Waals surface area contributed by atoms with Crippen molar-refractivity contribution in [1.82, 2.24) is 9.62 Å². The minimum atomic E-state index is -3.90. The summed E-state index contributed by atoms with van der Waals surface area (Å²) in [4.78, 5) is 12.6. The summed E-state index contributed by atoms with van der Waals surface area (Å²) in [6.07, 6.45) is 11.9. The standard InChI is InChI=1S/C28H30N2O7S/c1-4-14-29-28(32)26-19-23(22-8-6-21(5-2)7-9-22)20-27(37-26)36-18-16-30(15-17-31)38(33,34)25-12-10-24(35-3)11-13-25/h1-2,6-13,19,23,27,31H,14-18,20H2,3H3,(H,29,32)/t23-,27+/m1/s1. The van der Waals surface area contributed by atoms with Crippen molar-refractivity contribution in [2.75, 3.05) is 40.0 Å². The van der Waals surface area contributed by atoms with Gasteiger partial charge in [-0.3, -0.25) is 4.79 Å². The van der Waals surface area contributed by atoms with Crippen LogP contribution in [0.15, 0.2) is 65.3 Å². The normalized spacial score (nSPS) is 17.0. The molecule has 3 rings (SSSR count). The Hall–Kier alpha value is -3.80. The summed E-state index contributed by atoms with van der Waals surface area (Å²) in [6, 6.07) is 13.3. The van der Waals surface area contributed by atoms with Crippen LogP contribution >= 0.6 is 0 Å². The SMILES string of the molecule is C#CCNC(=O)C1=C[C@@H](c2ccc(C#C)cc2)C[C@@H](OCCN(CCO)S(=O)(=O)c2ccc(OC)cc2)O1. The van der Waals surface area contributed by atoms with E-state index in [1.165, 1.54) is 19.2 Å². The van der Waals surface area contributed by atoms with E-state index < -0.39 is 22.2 Å². The number of carbonyl (C=O) groups excluding carboxylic acids is 1. The summed E-state index contributed by atoms with van der Waals surface area (Å²) in [7, 11) is -2.41. The molecule has 2 aromatic rings. The van der Waals surface area contributed by atoms with Gasteiger partial charge in [0.2, 0.25) is 16.3 Å². The average Bonchev–Trinajstić information content (AvgIpc) is 2.95. The lowest BCUT2D eigenvalue weighted by Crippen LogP contribution is -2.38. The lowest BCUT2D eigenvalue weighted by Gasteiger charge is -2.30. The van der Waals surface area contributed by atoms with E-state index in [9.17, 15) is 18.3 Å². The molecule has 0 spiro atoms. The van der Waals surface area contributed by atoms with Crippen molar-refractivity contribution < 1.29 is 32.5 Å². The van der Waals surface area contributed by atoms with E-state index >= 15 is 0 Å². The fourth-order valence-electron chi connectivity index (χ4n) is 3.84. The Bertz CT molecular complexity index is 1310. The molecule has 9 nitrogen and oxygen atoms in total. The summed E-state index contributed by atoms with van der Waals surface area (Å²) in [5.41, 5.74) is 1.64. The van der Waals surface area contributed by atoms with Crippen LogP contribution in [0.5, 0.6) is 5.75 Å². The Kier molecular flexibility index (Phi) is 10.3. The molecule has 0 aliphatic carbocycles. The van der Waals surface area contributed by atoms with Gasteiger partial charge in [-0.1, -0.05) is 24.0 Å².